The van der Waals surface area contributed by atoms with E-state index in [0.717, 1.165) is 32.6 Å². The number of likely N-dealkylation sites (tertiary alicyclic amines) is 2. The van der Waals surface area contributed by atoms with Crippen LogP contribution >= 0.6 is 0 Å². The molecule has 0 spiro atoms. The SMILES string of the molecule is CC(C)N1CCC(N2CCC(C(=O)O)(C(C)C)C2)CC1. The highest BCUT2D eigenvalue weighted by molar-refractivity contribution is 5.75. The van der Waals surface area contributed by atoms with Crippen molar-refractivity contribution in [1.29, 1.82) is 0 Å². The van der Waals surface area contributed by atoms with Crippen LogP contribution in [0.15, 0.2) is 0 Å². The predicted octanol–water partition coefficient (Wildman–Crippen LogP) is 2.29. The third kappa shape index (κ3) is 2.86. The quantitative estimate of drug-likeness (QED) is 0.859. The lowest BCUT2D eigenvalue weighted by molar-refractivity contribution is -0.151. The van der Waals surface area contributed by atoms with Gasteiger partial charge in [-0.25, -0.2) is 0 Å². The van der Waals surface area contributed by atoms with Crippen LogP contribution in [0.1, 0.15) is 47.0 Å². The molecule has 116 valence electrons. The van der Waals surface area contributed by atoms with Crippen molar-refractivity contribution in [1.82, 2.24) is 9.80 Å². The van der Waals surface area contributed by atoms with Crippen LogP contribution in [0.4, 0.5) is 0 Å². The Labute approximate surface area is 123 Å². The lowest BCUT2D eigenvalue weighted by Crippen LogP contribution is -2.47. The van der Waals surface area contributed by atoms with E-state index in [1.165, 1.54) is 12.8 Å². The number of carbonyl (C=O) groups is 1. The molecule has 2 aliphatic rings. The molecule has 20 heavy (non-hydrogen) atoms. The smallest absolute Gasteiger partial charge is 0.311 e. The summed E-state index contributed by atoms with van der Waals surface area (Å²) in [5.41, 5.74) is -0.519. The van der Waals surface area contributed by atoms with Crippen molar-refractivity contribution >= 4 is 5.97 Å². The Bertz CT molecular complexity index is 348. The van der Waals surface area contributed by atoms with Gasteiger partial charge in [-0.2, -0.15) is 0 Å². The fourth-order valence-electron chi connectivity index (χ4n) is 3.84. The van der Waals surface area contributed by atoms with Gasteiger partial charge in [-0.15, -0.1) is 0 Å². The first-order valence-electron chi connectivity index (χ1n) is 8.08. The largest absolute Gasteiger partial charge is 0.481 e. The van der Waals surface area contributed by atoms with Crippen molar-refractivity contribution in [2.75, 3.05) is 26.2 Å². The molecule has 0 saturated carbocycles. The minimum atomic E-state index is -0.602. The number of aliphatic carboxylic acids is 1. The summed E-state index contributed by atoms with van der Waals surface area (Å²) in [6, 6.07) is 1.22. The van der Waals surface area contributed by atoms with Gasteiger partial charge in [-0.3, -0.25) is 9.69 Å². The molecular weight excluding hydrogens is 252 g/mol. The van der Waals surface area contributed by atoms with Crippen LogP contribution < -0.4 is 0 Å². The molecule has 0 aromatic carbocycles. The van der Waals surface area contributed by atoms with Crippen molar-refractivity contribution in [2.45, 2.75) is 59.0 Å². The Morgan fingerprint density at radius 1 is 1.15 bits per heavy atom. The van der Waals surface area contributed by atoms with Crippen LogP contribution in [0, 0.1) is 11.3 Å². The van der Waals surface area contributed by atoms with Gasteiger partial charge in [0, 0.05) is 18.6 Å². The summed E-state index contributed by atoms with van der Waals surface area (Å²) >= 11 is 0. The second kappa shape index (κ2) is 6.02. The van der Waals surface area contributed by atoms with E-state index in [-0.39, 0.29) is 5.92 Å². The fourth-order valence-corrected chi connectivity index (χ4v) is 3.84. The summed E-state index contributed by atoms with van der Waals surface area (Å²) in [4.78, 5) is 16.7. The molecule has 0 amide bonds. The number of hydrogen-bond acceptors (Lipinski definition) is 3. The molecule has 2 rings (SSSR count). The number of rotatable bonds is 4. The maximum atomic E-state index is 11.7. The number of carboxylic acid groups (broad SMARTS) is 1. The van der Waals surface area contributed by atoms with Gasteiger partial charge in [0.25, 0.3) is 0 Å². The van der Waals surface area contributed by atoms with Gasteiger partial charge in [0.15, 0.2) is 0 Å². The van der Waals surface area contributed by atoms with E-state index >= 15 is 0 Å². The number of carboxylic acids is 1. The van der Waals surface area contributed by atoms with Crippen LogP contribution in [0.25, 0.3) is 0 Å². The Balaban J connectivity index is 1.95. The highest BCUT2D eigenvalue weighted by Crippen LogP contribution is 2.40. The highest BCUT2D eigenvalue weighted by Gasteiger charge is 2.48. The molecule has 1 atom stereocenters. The van der Waals surface area contributed by atoms with Crippen LogP contribution in [0.5, 0.6) is 0 Å². The number of nitrogens with zero attached hydrogens (tertiary/aromatic N) is 2. The van der Waals surface area contributed by atoms with Crippen LogP contribution in [0.3, 0.4) is 0 Å². The second-order valence-corrected chi connectivity index (χ2v) is 7.20. The zero-order valence-corrected chi connectivity index (χ0v) is 13.4. The first kappa shape index (κ1) is 15.8. The summed E-state index contributed by atoms with van der Waals surface area (Å²) in [6.07, 6.45) is 3.18. The van der Waals surface area contributed by atoms with E-state index < -0.39 is 11.4 Å². The molecule has 4 nitrogen and oxygen atoms in total. The van der Waals surface area contributed by atoms with Crippen molar-refractivity contribution in [2.24, 2.45) is 11.3 Å². The lowest BCUT2D eigenvalue weighted by atomic mass is 9.76. The lowest BCUT2D eigenvalue weighted by Gasteiger charge is -2.39. The zero-order chi connectivity index (χ0) is 14.9. The van der Waals surface area contributed by atoms with E-state index in [2.05, 4.69) is 37.5 Å². The maximum Gasteiger partial charge on any atom is 0.311 e. The van der Waals surface area contributed by atoms with E-state index in [1.54, 1.807) is 0 Å². The standard InChI is InChI=1S/C16H30N2O2/c1-12(2)16(15(19)20)7-10-18(11-16)14-5-8-17(9-6-14)13(3)4/h12-14H,5-11H2,1-4H3,(H,19,20). The molecule has 0 aromatic rings. The fraction of sp³-hybridized carbons (Fsp3) is 0.938. The van der Waals surface area contributed by atoms with Gasteiger partial charge in [0.05, 0.1) is 5.41 Å². The molecule has 2 fully saturated rings. The summed E-state index contributed by atoms with van der Waals surface area (Å²) < 4.78 is 0. The van der Waals surface area contributed by atoms with Gasteiger partial charge >= 0.3 is 5.97 Å². The summed E-state index contributed by atoms with van der Waals surface area (Å²) in [6.45, 7) is 12.6. The molecular formula is C16H30N2O2. The minimum absolute atomic E-state index is 0.209. The second-order valence-electron chi connectivity index (χ2n) is 7.20. The minimum Gasteiger partial charge on any atom is -0.481 e. The Kier molecular flexibility index (Phi) is 4.75. The molecule has 2 saturated heterocycles. The molecule has 1 unspecified atom stereocenters. The maximum absolute atomic E-state index is 11.7. The predicted molar refractivity (Wildman–Crippen MR) is 80.8 cm³/mol. The van der Waals surface area contributed by atoms with Crippen LogP contribution in [-0.4, -0.2) is 59.1 Å². The summed E-state index contributed by atoms with van der Waals surface area (Å²) in [5, 5.41) is 9.63. The molecule has 0 radical (unpaired) electrons. The first-order valence-corrected chi connectivity index (χ1v) is 8.08. The number of piperidine rings is 1. The molecule has 2 aliphatic heterocycles. The third-order valence-corrected chi connectivity index (χ3v) is 5.61. The summed E-state index contributed by atoms with van der Waals surface area (Å²) in [7, 11) is 0. The molecule has 4 heteroatoms. The monoisotopic (exact) mass is 282 g/mol. The van der Waals surface area contributed by atoms with Crippen molar-refractivity contribution in [3.05, 3.63) is 0 Å². The average molecular weight is 282 g/mol. The van der Waals surface area contributed by atoms with Gasteiger partial charge in [-0.05, 0) is 58.7 Å². The topological polar surface area (TPSA) is 43.8 Å². The van der Waals surface area contributed by atoms with Gasteiger partial charge in [0.1, 0.15) is 0 Å². The highest BCUT2D eigenvalue weighted by atomic mass is 16.4. The van der Waals surface area contributed by atoms with Crippen molar-refractivity contribution in [3.8, 4) is 0 Å². The Hall–Kier alpha value is -0.610. The van der Waals surface area contributed by atoms with Crippen molar-refractivity contribution in [3.63, 3.8) is 0 Å². The molecule has 1 N–H and O–H groups in total. The van der Waals surface area contributed by atoms with E-state index in [0.29, 0.717) is 12.1 Å². The Morgan fingerprint density at radius 3 is 2.15 bits per heavy atom. The van der Waals surface area contributed by atoms with E-state index in [4.69, 9.17) is 0 Å². The van der Waals surface area contributed by atoms with E-state index in [9.17, 15) is 9.90 Å². The molecule has 2 heterocycles. The van der Waals surface area contributed by atoms with Crippen LogP contribution in [-0.2, 0) is 4.79 Å². The van der Waals surface area contributed by atoms with Gasteiger partial charge in [-0.1, -0.05) is 13.8 Å². The Morgan fingerprint density at radius 2 is 1.75 bits per heavy atom. The van der Waals surface area contributed by atoms with Crippen molar-refractivity contribution < 1.29 is 9.90 Å². The molecule has 0 bridgehead atoms. The molecule has 0 aliphatic carbocycles. The summed E-state index contributed by atoms with van der Waals surface area (Å²) in [5.74, 6) is -0.393. The van der Waals surface area contributed by atoms with Gasteiger partial charge in [0.2, 0.25) is 0 Å². The first-order chi connectivity index (χ1) is 9.36. The molecule has 0 aromatic heterocycles. The normalized spacial score (nSPS) is 30.5. The van der Waals surface area contributed by atoms with Gasteiger partial charge < -0.3 is 10.0 Å². The third-order valence-electron chi connectivity index (χ3n) is 5.61. The number of hydrogen-bond donors (Lipinski definition) is 1. The average Bonchev–Trinajstić information content (AvgIpc) is 2.85. The zero-order valence-electron chi connectivity index (χ0n) is 13.4. The van der Waals surface area contributed by atoms with E-state index in [1.807, 2.05) is 0 Å². The van der Waals surface area contributed by atoms with Crippen LogP contribution in [0.2, 0.25) is 0 Å².